The molecule has 2 atom stereocenters. The maximum atomic E-state index is 6.54. The second-order valence-electron chi connectivity index (χ2n) is 6.15. The Balaban J connectivity index is 4.29. The van der Waals surface area contributed by atoms with Gasteiger partial charge in [0.1, 0.15) is 0 Å². The molecule has 2 unspecified atom stereocenters. The van der Waals surface area contributed by atoms with Crippen LogP contribution in [-0.2, 0) is 11.8 Å². The van der Waals surface area contributed by atoms with Gasteiger partial charge in [0, 0.05) is 6.19 Å². The molecule has 0 aromatic rings. The lowest BCUT2D eigenvalue weighted by molar-refractivity contribution is 0.483. The summed E-state index contributed by atoms with van der Waals surface area (Å²) in [5.41, 5.74) is 6.54. The van der Waals surface area contributed by atoms with Gasteiger partial charge in [-0.05, 0) is 24.2 Å². The van der Waals surface area contributed by atoms with Crippen LogP contribution in [0.1, 0.15) is 79.1 Å². The smallest absolute Gasteiger partial charge is 0.0104 e. The van der Waals surface area contributed by atoms with Gasteiger partial charge in [-0.1, -0.05) is 90.9 Å². The summed E-state index contributed by atoms with van der Waals surface area (Å²) in [6.45, 7) is 9.13. The minimum Gasteiger partial charge on any atom is -0.302 e. The van der Waals surface area contributed by atoms with Crippen LogP contribution in [0.4, 0.5) is 0 Å². The predicted molar refractivity (Wildman–Crippen MR) is 94.8 cm³/mol. The lowest BCUT2D eigenvalue weighted by atomic mass is 10.0. The number of hydrogen-bond donors (Lipinski definition) is 1. The number of rotatable bonds is 12. The molecule has 0 rings (SSSR count). The Bertz CT molecular complexity index is 233. The van der Waals surface area contributed by atoms with Crippen molar-refractivity contribution in [3.8, 4) is 0 Å². The first kappa shape index (κ1) is 19.6. The highest BCUT2D eigenvalue weighted by Crippen LogP contribution is 2.44. The molecule has 0 amide bonds. The lowest BCUT2D eigenvalue weighted by Gasteiger charge is -2.27. The molecule has 1 nitrogen and oxygen atoms in total. The fraction of sp³-hybridized carbons (Fsp3) is 1.00. The van der Waals surface area contributed by atoms with Crippen molar-refractivity contribution in [2.24, 2.45) is 17.3 Å². The second-order valence-corrected chi connectivity index (χ2v) is 11.0. The Morgan fingerprint density at radius 1 is 0.842 bits per heavy atom. The molecule has 0 aromatic heterocycles. The van der Waals surface area contributed by atoms with E-state index in [0.717, 1.165) is 24.2 Å². The van der Waals surface area contributed by atoms with Crippen LogP contribution in [0.2, 0.25) is 0 Å². The van der Waals surface area contributed by atoms with Gasteiger partial charge < -0.3 is 5.50 Å². The van der Waals surface area contributed by atoms with Crippen molar-refractivity contribution in [2.45, 2.75) is 79.1 Å². The van der Waals surface area contributed by atoms with Gasteiger partial charge in [0.15, 0.2) is 0 Å². The molecule has 0 aliphatic heterocycles. The van der Waals surface area contributed by atoms with Gasteiger partial charge in [-0.3, -0.25) is 0 Å². The fourth-order valence-electron chi connectivity index (χ4n) is 2.78. The Morgan fingerprint density at radius 3 is 1.47 bits per heavy atom. The van der Waals surface area contributed by atoms with E-state index in [2.05, 4.69) is 27.7 Å². The SMILES string of the molecule is CCCCC(CC)CP(N)(=S)CC(CC)CCCC. The average Bonchev–Trinajstić information content (AvgIpc) is 2.39. The van der Waals surface area contributed by atoms with Crippen LogP contribution in [0.3, 0.4) is 0 Å². The van der Waals surface area contributed by atoms with Crippen LogP contribution in [0.5, 0.6) is 0 Å². The molecule has 19 heavy (non-hydrogen) atoms. The summed E-state index contributed by atoms with van der Waals surface area (Å²) in [6.07, 6.45) is 11.1. The van der Waals surface area contributed by atoms with Crippen LogP contribution in [-0.4, -0.2) is 12.3 Å². The molecule has 2 N–H and O–H groups in total. The van der Waals surface area contributed by atoms with E-state index in [9.17, 15) is 0 Å². The topological polar surface area (TPSA) is 26.0 Å². The number of nitrogens with two attached hydrogens (primary N) is 1. The maximum absolute atomic E-state index is 6.54. The highest BCUT2D eigenvalue weighted by Gasteiger charge is 2.21. The van der Waals surface area contributed by atoms with E-state index < -0.39 is 6.19 Å². The molecule has 0 bridgehead atoms. The van der Waals surface area contributed by atoms with Crippen molar-refractivity contribution in [1.29, 1.82) is 0 Å². The molecular formula is C16H36NPS. The largest absolute Gasteiger partial charge is 0.302 e. The first-order chi connectivity index (χ1) is 8.99. The van der Waals surface area contributed by atoms with Crippen molar-refractivity contribution < 1.29 is 0 Å². The van der Waals surface area contributed by atoms with Crippen LogP contribution in [0, 0.1) is 11.8 Å². The molecule has 0 fully saturated rings. The molecular weight excluding hydrogens is 269 g/mol. The minimum atomic E-state index is -1.58. The van der Waals surface area contributed by atoms with Gasteiger partial charge >= 0.3 is 0 Å². The Morgan fingerprint density at radius 2 is 1.21 bits per heavy atom. The van der Waals surface area contributed by atoms with Crippen molar-refractivity contribution in [3.05, 3.63) is 0 Å². The summed E-state index contributed by atoms with van der Waals surface area (Å²) in [4.78, 5) is 0. The summed E-state index contributed by atoms with van der Waals surface area (Å²) < 4.78 is 0. The van der Waals surface area contributed by atoms with Crippen LogP contribution in [0.25, 0.3) is 0 Å². The fourth-order valence-corrected chi connectivity index (χ4v) is 6.83. The second kappa shape index (κ2) is 11.3. The zero-order chi connectivity index (χ0) is 14.7. The van der Waals surface area contributed by atoms with E-state index in [0.29, 0.717) is 0 Å². The summed E-state index contributed by atoms with van der Waals surface area (Å²) in [5.74, 6) is 1.55. The lowest BCUT2D eigenvalue weighted by Crippen LogP contribution is -2.17. The zero-order valence-electron chi connectivity index (χ0n) is 13.7. The van der Waals surface area contributed by atoms with Crippen molar-refractivity contribution >= 4 is 18.0 Å². The molecule has 0 spiro atoms. The molecule has 0 radical (unpaired) electrons. The minimum absolute atomic E-state index is 0.777. The van der Waals surface area contributed by atoms with E-state index in [-0.39, 0.29) is 0 Å². The Labute approximate surface area is 127 Å². The first-order valence-corrected chi connectivity index (χ1v) is 11.6. The highest BCUT2D eigenvalue weighted by atomic mass is 32.4. The Hall–Kier alpha value is 0.610. The van der Waals surface area contributed by atoms with E-state index in [4.69, 9.17) is 17.3 Å². The zero-order valence-corrected chi connectivity index (χ0v) is 15.4. The van der Waals surface area contributed by atoms with E-state index >= 15 is 0 Å². The van der Waals surface area contributed by atoms with E-state index in [1.54, 1.807) is 0 Å². The number of hydrogen-bond acceptors (Lipinski definition) is 1. The molecule has 0 aliphatic carbocycles. The molecule has 0 heterocycles. The molecule has 0 saturated heterocycles. The van der Waals surface area contributed by atoms with Gasteiger partial charge in [0.2, 0.25) is 0 Å². The third-order valence-electron chi connectivity index (χ3n) is 4.22. The quantitative estimate of drug-likeness (QED) is 0.463. The van der Waals surface area contributed by atoms with Gasteiger partial charge in [-0.2, -0.15) is 0 Å². The van der Waals surface area contributed by atoms with Crippen LogP contribution < -0.4 is 5.50 Å². The molecule has 0 aliphatic rings. The van der Waals surface area contributed by atoms with Crippen LogP contribution >= 0.6 is 6.19 Å². The third-order valence-corrected chi connectivity index (χ3v) is 7.38. The Kier molecular flexibility index (Phi) is 11.7. The average molecular weight is 306 g/mol. The summed E-state index contributed by atoms with van der Waals surface area (Å²) in [6, 6.07) is 0. The van der Waals surface area contributed by atoms with Gasteiger partial charge in [0.05, 0.1) is 0 Å². The van der Waals surface area contributed by atoms with Gasteiger partial charge in [-0.25, -0.2) is 0 Å². The maximum Gasteiger partial charge on any atom is 0.0104 e. The van der Waals surface area contributed by atoms with E-state index in [1.807, 2.05) is 0 Å². The third kappa shape index (κ3) is 10.0. The monoisotopic (exact) mass is 305 g/mol. The molecule has 0 saturated carbocycles. The van der Waals surface area contributed by atoms with Gasteiger partial charge in [-0.15, -0.1) is 0 Å². The predicted octanol–water partition coefficient (Wildman–Crippen LogP) is 5.77. The van der Waals surface area contributed by atoms with Gasteiger partial charge in [0.25, 0.3) is 0 Å². The highest BCUT2D eigenvalue weighted by molar-refractivity contribution is 8.13. The molecule has 3 heteroatoms. The summed E-state index contributed by atoms with van der Waals surface area (Å²) >= 11 is 5.82. The van der Waals surface area contributed by atoms with Crippen LogP contribution in [0.15, 0.2) is 0 Å². The van der Waals surface area contributed by atoms with Crippen molar-refractivity contribution in [2.75, 3.05) is 12.3 Å². The normalized spacial score (nSPS) is 17.9. The summed E-state index contributed by atoms with van der Waals surface area (Å²) in [5, 5.41) is 0. The van der Waals surface area contributed by atoms with E-state index in [1.165, 1.54) is 51.4 Å². The number of unbranched alkanes of at least 4 members (excludes halogenated alkanes) is 2. The molecule has 0 aromatic carbocycles. The first-order valence-electron chi connectivity index (χ1n) is 8.35. The van der Waals surface area contributed by atoms with Crippen molar-refractivity contribution in [3.63, 3.8) is 0 Å². The van der Waals surface area contributed by atoms with Crippen molar-refractivity contribution in [1.82, 2.24) is 0 Å². The molecule has 116 valence electrons. The summed E-state index contributed by atoms with van der Waals surface area (Å²) in [7, 11) is 0. The standard InChI is InChI=1S/C16H36NPS/c1-5-9-11-15(7-3)13-18(17,19)14-16(8-4)12-10-6-2/h15-16H,5-14H2,1-4H3,(H2,17,19).